The lowest BCUT2D eigenvalue weighted by Crippen LogP contribution is -2.60. The van der Waals surface area contributed by atoms with Gasteiger partial charge < -0.3 is 40.3 Å². The number of hydrogen-bond acceptors (Lipinski definition) is 8. The molecule has 53 heavy (non-hydrogen) atoms. The van der Waals surface area contributed by atoms with Gasteiger partial charge in [-0.2, -0.15) is 0 Å². The number of likely N-dealkylation sites (tertiary alicyclic amines) is 1. The maximum absolute atomic E-state index is 14.2. The third-order valence-electron chi connectivity index (χ3n) is 12.0. The summed E-state index contributed by atoms with van der Waals surface area (Å²) >= 11 is 0. The van der Waals surface area contributed by atoms with Gasteiger partial charge in [-0.1, -0.05) is 71.4 Å². The minimum absolute atomic E-state index is 0.00255. The van der Waals surface area contributed by atoms with E-state index in [2.05, 4.69) is 16.0 Å². The molecule has 2 heterocycles. The molecule has 0 aromatic heterocycles. The first-order chi connectivity index (χ1) is 25.2. The number of fused-ring (bicyclic) bond motifs is 2. The van der Waals surface area contributed by atoms with E-state index >= 15 is 0 Å². The number of ether oxygens (including phenoxy) is 2. The highest BCUT2D eigenvalue weighted by molar-refractivity contribution is 5.90. The summed E-state index contributed by atoms with van der Waals surface area (Å²) in [5.41, 5.74) is 0.789. The normalized spacial score (nSPS) is 24.9. The van der Waals surface area contributed by atoms with Gasteiger partial charge in [-0.05, 0) is 55.4 Å². The summed E-state index contributed by atoms with van der Waals surface area (Å²) in [6.07, 6.45) is 3.98. The lowest BCUT2D eigenvalue weighted by molar-refractivity contribution is -0.148. The van der Waals surface area contributed by atoms with Gasteiger partial charge in [-0.15, -0.1) is 0 Å². The van der Waals surface area contributed by atoms with Crippen molar-refractivity contribution < 1.29 is 38.6 Å². The molecule has 0 radical (unpaired) electrons. The predicted octanol–water partition coefficient (Wildman–Crippen LogP) is 3.00. The molecule has 13 nitrogen and oxygen atoms in total. The van der Waals surface area contributed by atoms with E-state index in [9.17, 15) is 29.1 Å². The summed E-state index contributed by atoms with van der Waals surface area (Å²) in [6.45, 7) is 10.1. The zero-order valence-corrected chi connectivity index (χ0v) is 32.9. The van der Waals surface area contributed by atoms with Crippen molar-refractivity contribution in [2.75, 3.05) is 27.8 Å². The van der Waals surface area contributed by atoms with Gasteiger partial charge in [0.1, 0.15) is 12.1 Å². The van der Waals surface area contributed by atoms with Crippen LogP contribution in [0.3, 0.4) is 0 Å². The van der Waals surface area contributed by atoms with Crippen LogP contribution in [0.2, 0.25) is 0 Å². The van der Waals surface area contributed by atoms with Crippen molar-refractivity contribution in [3.05, 3.63) is 35.9 Å². The quantitative estimate of drug-likeness (QED) is 0.167. The van der Waals surface area contributed by atoms with E-state index in [1.54, 1.807) is 30.9 Å². The van der Waals surface area contributed by atoms with Crippen molar-refractivity contribution in [1.29, 1.82) is 0 Å². The minimum Gasteiger partial charge on any atom is -0.480 e. The molecule has 1 saturated carbocycles. The van der Waals surface area contributed by atoms with Crippen LogP contribution in [-0.4, -0.2) is 121 Å². The number of methoxy groups -OCH3 is 2. The maximum atomic E-state index is 14.2. The Kier molecular flexibility index (Phi) is 15.3. The molecule has 296 valence electrons. The number of amides is 4. The summed E-state index contributed by atoms with van der Waals surface area (Å²) < 4.78 is 11.9. The van der Waals surface area contributed by atoms with Crippen molar-refractivity contribution in [1.82, 2.24) is 25.8 Å². The Balaban J connectivity index is 1.45. The van der Waals surface area contributed by atoms with Crippen LogP contribution in [0, 0.1) is 23.7 Å². The molecule has 2 bridgehead atoms. The number of nitrogens with zero attached hydrogens (tertiary/aromatic N) is 2. The van der Waals surface area contributed by atoms with Crippen LogP contribution in [0.4, 0.5) is 0 Å². The fourth-order valence-corrected chi connectivity index (χ4v) is 8.79. The van der Waals surface area contributed by atoms with Crippen LogP contribution < -0.4 is 16.0 Å². The van der Waals surface area contributed by atoms with Crippen molar-refractivity contribution >= 4 is 29.6 Å². The number of piperidine rings is 1. The van der Waals surface area contributed by atoms with Gasteiger partial charge >= 0.3 is 5.97 Å². The molecule has 3 aliphatic rings. The number of carboxylic acid groups (broad SMARTS) is 1. The van der Waals surface area contributed by atoms with E-state index < -0.39 is 54.2 Å². The molecule has 3 fully saturated rings. The van der Waals surface area contributed by atoms with Gasteiger partial charge in [0.15, 0.2) is 0 Å². The zero-order chi connectivity index (χ0) is 39.0. The average Bonchev–Trinajstić information content (AvgIpc) is 3.92. The fourth-order valence-electron chi connectivity index (χ4n) is 8.79. The molecule has 11 atom stereocenters. The number of carbonyl (C=O) groups excluding carboxylic acids is 4. The van der Waals surface area contributed by atoms with Gasteiger partial charge in [-0.3, -0.25) is 19.2 Å². The monoisotopic (exact) mass is 741 g/mol. The SMILES string of the molecule is CC[C@H](C)[C@@H]([C@@H](CC(=O)N1CCC[C@H]1[C@H](OC)[C@@H](C)C(=O)N[C@@H](Cc1ccccc1)C(=O)O)OC)N(C)C(=O)[C@@H](NC(=O)C1N[C@H]2CCC1C2)C(C)C. The molecule has 2 unspecified atom stereocenters. The Bertz CT molecular complexity index is 1410. The van der Waals surface area contributed by atoms with Crippen LogP contribution in [0.5, 0.6) is 0 Å². The molecule has 1 aliphatic carbocycles. The molecule has 2 saturated heterocycles. The van der Waals surface area contributed by atoms with Crippen molar-refractivity contribution in [3.8, 4) is 0 Å². The summed E-state index contributed by atoms with van der Waals surface area (Å²) in [7, 11) is 4.78. The van der Waals surface area contributed by atoms with Crippen molar-refractivity contribution in [2.24, 2.45) is 23.7 Å². The van der Waals surface area contributed by atoms with Crippen molar-refractivity contribution in [2.45, 2.75) is 134 Å². The largest absolute Gasteiger partial charge is 0.480 e. The highest BCUT2D eigenvalue weighted by Crippen LogP contribution is 2.35. The first kappa shape index (κ1) is 42.2. The maximum Gasteiger partial charge on any atom is 0.326 e. The number of aliphatic carboxylic acids is 1. The minimum atomic E-state index is -1.13. The molecule has 4 N–H and O–H groups in total. The lowest BCUT2D eigenvalue weighted by Gasteiger charge is -2.41. The molecular weight excluding hydrogens is 678 g/mol. The Labute approximate surface area is 315 Å². The van der Waals surface area contributed by atoms with Crippen LogP contribution >= 0.6 is 0 Å². The number of nitrogens with one attached hydrogen (secondary N) is 3. The van der Waals surface area contributed by atoms with E-state index in [1.807, 2.05) is 58.0 Å². The molecule has 13 heteroatoms. The summed E-state index contributed by atoms with van der Waals surface area (Å²) in [5.74, 6) is -2.77. The number of carboxylic acids is 1. The number of hydrogen-bond donors (Lipinski definition) is 4. The molecular formula is C40H63N5O8. The summed E-state index contributed by atoms with van der Waals surface area (Å²) in [6, 6.07) is 6.47. The van der Waals surface area contributed by atoms with Crippen LogP contribution in [-0.2, 0) is 39.9 Å². The molecule has 1 aromatic rings. The second-order valence-corrected chi connectivity index (χ2v) is 15.8. The third kappa shape index (κ3) is 10.2. The summed E-state index contributed by atoms with van der Waals surface area (Å²) in [5, 5.41) is 19.1. The van der Waals surface area contributed by atoms with Gasteiger partial charge in [-0.25, -0.2) is 4.79 Å². The second-order valence-electron chi connectivity index (χ2n) is 15.8. The number of benzene rings is 1. The van der Waals surface area contributed by atoms with E-state index in [4.69, 9.17) is 9.47 Å². The zero-order valence-electron chi connectivity index (χ0n) is 32.9. The topological polar surface area (TPSA) is 167 Å². The van der Waals surface area contributed by atoms with Gasteiger partial charge in [0, 0.05) is 40.3 Å². The molecule has 1 aromatic carbocycles. The van der Waals surface area contributed by atoms with E-state index in [-0.39, 0.29) is 48.4 Å². The second kappa shape index (κ2) is 19.2. The van der Waals surface area contributed by atoms with Crippen LogP contribution in [0.25, 0.3) is 0 Å². The smallest absolute Gasteiger partial charge is 0.326 e. The van der Waals surface area contributed by atoms with Crippen molar-refractivity contribution in [3.63, 3.8) is 0 Å². The standard InChI is InChI=1S/C40H63N5O8/c1-9-24(4)35(44(6)39(49)33(23(2)3)43-38(48)34-27-17-18-28(21-27)41-34)31(52-7)22-32(46)45-19-13-16-30(45)36(53-8)25(5)37(47)42-29(40(50)51)20-26-14-11-10-12-15-26/h10-12,14-15,23-25,27-31,33-36,41H,9,13,16-22H2,1-8H3,(H,42,47)(H,43,48)(H,50,51)/t24-,25+,27?,28-,29-,30-,31+,33-,34?,35-,36+/m0/s1. The first-order valence-corrected chi connectivity index (χ1v) is 19.5. The number of carbonyl (C=O) groups is 5. The van der Waals surface area contributed by atoms with Gasteiger partial charge in [0.2, 0.25) is 23.6 Å². The van der Waals surface area contributed by atoms with E-state index in [0.717, 1.165) is 31.2 Å². The highest BCUT2D eigenvalue weighted by Gasteiger charge is 2.46. The molecule has 2 aliphatic heterocycles. The Morgan fingerprint density at radius 1 is 1.00 bits per heavy atom. The Hall–Kier alpha value is -3.55. The molecule has 4 rings (SSSR count). The van der Waals surface area contributed by atoms with Gasteiger partial charge in [0.05, 0.1) is 42.7 Å². The van der Waals surface area contributed by atoms with Gasteiger partial charge in [0.25, 0.3) is 0 Å². The van der Waals surface area contributed by atoms with Crippen LogP contribution in [0.1, 0.15) is 85.1 Å². The third-order valence-corrected chi connectivity index (χ3v) is 12.0. The lowest BCUT2D eigenvalue weighted by atomic mass is 9.89. The van der Waals surface area contributed by atoms with Crippen LogP contribution in [0.15, 0.2) is 30.3 Å². The highest BCUT2D eigenvalue weighted by atomic mass is 16.5. The average molecular weight is 742 g/mol. The molecule has 4 amide bonds. The fraction of sp³-hybridized carbons (Fsp3) is 0.725. The summed E-state index contributed by atoms with van der Waals surface area (Å²) in [4.78, 5) is 70.7. The Morgan fingerprint density at radius 3 is 2.25 bits per heavy atom. The number of likely N-dealkylation sites (N-methyl/N-ethyl adjacent to an activating group) is 1. The van der Waals surface area contributed by atoms with E-state index in [0.29, 0.717) is 31.3 Å². The number of rotatable bonds is 19. The molecule has 0 spiro atoms. The predicted molar refractivity (Wildman–Crippen MR) is 201 cm³/mol. The Morgan fingerprint density at radius 2 is 1.70 bits per heavy atom. The first-order valence-electron chi connectivity index (χ1n) is 19.5. The van der Waals surface area contributed by atoms with E-state index in [1.165, 1.54) is 7.11 Å².